The first-order valence-corrected chi connectivity index (χ1v) is 13.1. The third-order valence-electron chi connectivity index (χ3n) is 7.11. The van der Waals surface area contributed by atoms with Crippen molar-refractivity contribution in [3.05, 3.63) is 108 Å². The zero-order chi connectivity index (χ0) is 26.8. The summed E-state index contributed by atoms with van der Waals surface area (Å²) in [5, 5.41) is 5.67. The number of likely N-dealkylation sites (tertiary alicyclic amines) is 1. The van der Waals surface area contributed by atoms with Crippen molar-refractivity contribution >= 4 is 17.9 Å². The molecule has 3 aromatic rings. The van der Waals surface area contributed by atoms with Crippen molar-refractivity contribution in [1.82, 2.24) is 15.5 Å². The van der Waals surface area contributed by atoms with Gasteiger partial charge in [0.2, 0.25) is 11.8 Å². The first kappa shape index (κ1) is 26.9. The van der Waals surface area contributed by atoms with Crippen molar-refractivity contribution in [2.75, 3.05) is 13.6 Å². The molecule has 0 spiro atoms. The van der Waals surface area contributed by atoms with Crippen LogP contribution in [0.1, 0.15) is 36.0 Å². The van der Waals surface area contributed by atoms with E-state index in [1.165, 1.54) is 0 Å². The van der Waals surface area contributed by atoms with Gasteiger partial charge in [0.05, 0.1) is 0 Å². The van der Waals surface area contributed by atoms with Gasteiger partial charge in [0.25, 0.3) is 0 Å². The number of nitrogens with zero attached hydrogens (tertiary/aromatic N) is 1. The molecule has 198 valence electrons. The van der Waals surface area contributed by atoms with E-state index < -0.39 is 17.7 Å². The van der Waals surface area contributed by atoms with Gasteiger partial charge in [-0.05, 0) is 42.4 Å². The number of piperidine rings is 1. The van der Waals surface area contributed by atoms with Crippen LogP contribution >= 0.6 is 0 Å². The number of benzene rings is 3. The van der Waals surface area contributed by atoms with Crippen LogP contribution in [-0.4, -0.2) is 48.0 Å². The SMILES string of the molecule is CNC(=O)C(Cc1ccccc1)N1CCC[C@](CCc2ccccc2)(NC(=O)OCc2ccccc2)C1=O. The smallest absolute Gasteiger partial charge is 0.408 e. The minimum Gasteiger partial charge on any atom is -0.445 e. The molecule has 4 rings (SSSR count). The van der Waals surface area contributed by atoms with E-state index in [2.05, 4.69) is 10.6 Å². The first-order valence-electron chi connectivity index (χ1n) is 13.1. The molecule has 0 saturated carbocycles. The maximum absolute atomic E-state index is 14.2. The van der Waals surface area contributed by atoms with E-state index >= 15 is 0 Å². The fourth-order valence-electron chi connectivity index (χ4n) is 5.05. The fraction of sp³-hybridized carbons (Fsp3) is 0.323. The van der Waals surface area contributed by atoms with Crippen LogP contribution in [-0.2, 0) is 33.8 Å². The van der Waals surface area contributed by atoms with Crippen LogP contribution in [0.25, 0.3) is 0 Å². The van der Waals surface area contributed by atoms with E-state index in [9.17, 15) is 14.4 Å². The Morgan fingerprint density at radius 1 is 0.895 bits per heavy atom. The summed E-state index contributed by atoms with van der Waals surface area (Å²) in [7, 11) is 1.58. The predicted octanol–water partition coefficient (Wildman–Crippen LogP) is 4.26. The van der Waals surface area contributed by atoms with Gasteiger partial charge in [0.1, 0.15) is 18.2 Å². The van der Waals surface area contributed by atoms with Crippen LogP contribution in [0.15, 0.2) is 91.0 Å². The zero-order valence-electron chi connectivity index (χ0n) is 21.8. The lowest BCUT2D eigenvalue weighted by atomic mass is 9.81. The summed E-state index contributed by atoms with van der Waals surface area (Å²) in [4.78, 5) is 41.9. The Kier molecular flexibility index (Phi) is 9.14. The molecule has 3 aromatic carbocycles. The van der Waals surface area contributed by atoms with E-state index in [1.54, 1.807) is 11.9 Å². The van der Waals surface area contributed by atoms with Crippen molar-refractivity contribution in [2.24, 2.45) is 0 Å². The van der Waals surface area contributed by atoms with Gasteiger partial charge in [0, 0.05) is 20.0 Å². The average molecular weight is 514 g/mol. The van der Waals surface area contributed by atoms with E-state index in [0.717, 1.165) is 16.7 Å². The molecule has 0 bridgehead atoms. The summed E-state index contributed by atoms with van der Waals surface area (Å²) in [5.41, 5.74) is 1.72. The number of aryl methyl sites for hydroxylation is 1. The molecule has 1 aliphatic heterocycles. The van der Waals surface area contributed by atoms with Gasteiger partial charge in [0.15, 0.2) is 0 Å². The number of hydrogen-bond acceptors (Lipinski definition) is 4. The van der Waals surface area contributed by atoms with Crippen molar-refractivity contribution < 1.29 is 19.1 Å². The van der Waals surface area contributed by atoms with Crippen molar-refractivity contribution in [3.8, 4) is 0 Å². The second kappa shape index (κ2) is 12.9. The Bertz CT molecular complexity index is 1200. The molecule has 38 heavy (non-hydrogen) atoms. The number of alkyl carbamates (subject to hydrolysis) is 1. The monoisotopic (exact) mass is 513 g/mol. The first-order chi connectivity index (χ1) is 18.5. The number of carbonyl (C=O) groups is 3. The summed E-state index contributed by atoms with van der Waals surface area (Å²) in [5.74, 6) is -0.478. The summed E-state index contributed by atoms with van der Waals surface area (Å²) in [6, 6.07) is 28.3. The van der Waals surface area contributed by atoms with E-state index in [4.69, 9.17) is 4.74 Å². The number of nitrogens with one attached hydrogen (secondary N) is 2. The molecule has 1 unspecified atom stereocenters. The second-order valence-corrected chi connectivity index (χ2v) is 9.68. The molecule has 7 heteroatoms. The number of ether oxygens (including phenoxy) is 1. The molecule has 1 heterocycles. The Morgan fingerprint density at radius 3 is 2.08 bits per heavy atom. The summed E-state index contributed by atoms with van der Waals surface area (Å²) >= 11 is 0. The molecule has 1 aliphatic rings. The number of hydrogen-bond donors (Lipinski definition) is 2. The van der Waals surface area contributed by atoms with Gasteiger partial charge in [-0.2, -0.15) is 0 Å². The topological polar surface area (TPSA) is 87.7 Å². The van der Waals surface area contributed by atoms with Crippen LogP contribution in [0.4, 0.5) is 4.79 Å². The molecule has 0 radical (unpaired) electrons. The lowest BCUT2D eigenvalue weighted by molar-refractivity contribution is -0.149. The van der Waals surface area contributed by atoms with Crippen LogP contribution in [0.5, 0.6) is 0 Å². The van der Waals surface area contributed by atoms with Crippen molar-refractivity contribution in [3.63, 3.8) is 0 Å². The van der Waals surface area contributed by atoms with Crippen LogP contribution in [0.3, 0.4) is 0 Å². The average Bonchev–Trinajstić information content (AvgIpc) is 2.96. The third-order valence-corrected chi connectivity index (χ3v) is 7.11. The predicted molar refractivity (Wildman–Crippen MR) is 146 cm³/mol. The van der Waals surface area contributed by atoms with E-state index in [-0.39, 0.29) is 18.4 Å². The van der Waals surface area contributed by atoms with Gasteiger partial charge in [-0.15, -0.1) is 0 Å². The Balaban J connectivity index is 1.57. The number of amides is 3. The van der Waals surface area contributed by atoms with Crippen LogP contribution in [0.2, 0.25) is 0 Å². The molecule has 2 N–H and O–H groups in total. The largest absolute Gasteiger partial charge is 0.445 e. The highest BCUT2D eigenvalue weighted by atomic mass is 16.5. The number of rotatable bonds is 10. The Labute approximate surface area is 224 Å². The Hall–Kier alpha value is -4.13. The maximum atomic E-state index is 14.2. The molecule has 0 aromatic heterocycles. The third kappa shape index (κ3) is 6.79. The van der Waals surface area contributed by atoms with Crippen LogP contribution in [0, 0.1) is 0 Å². The Morgan fingerprint density at radius 2 is 1.47 bits per heavy atom. The molecule has 2 atom stereocenters. The molecule has 1 saturated heterocycles. The van der Waals surface area contributed by atoms with Gasteiger partial charge < -0.3 is 20.3 Å². The number of likely N-dealkylation sites (N-methyl/N-ethyl adjacent to an activating group) is 1. The molecule has 1 fully saturated rings. The lowest BCUT2D eigenvalue weighted by Gasteiger charge is -2.44. The quantitative estimate of drug-likeness (QED) is 0.424. The highest BCUT2D eigenvalue weighted by Crippen LogP contribution is 2.30. The summed E-state index contributed by atoms with van der Waals surface area (Å²) in [6.07, 6.45) is 1.88. The van der Waals surface area contributed by atoms with Gasteiger partial charge in [-0.1, -0.05) is 91.0 Å². The maximum Gasteiger partial charge on any atom is 0.408 e. The second-order valence-electron chi connectivity index (χ2n) is 9.68. The van der Waals surface area contributed by atoms with Crippen molar-refractivity contribution in [1.29, 1.82) is 0 Å². The van der Waals surface area contributed by atoms with Gasteiger partial charge in [-0.25, -0.2) is 4.79 Å². The normalized spacial score (nSPS) is 17.9. The fourth-order valence-corrected chi connectivity index (χ4v) is 5.05. The van der Waals surface area contributed by atoms with Gasteiger partial charge in [-0.3, -0.25) is 9.59 Å². The minimum absolute atomic E-state index is 0.105. The van der Waals surface area contributed by atoms with Gasteiger partial charge >= 0.3 is 6.09 Å². The lowest BCUT2D eigenvalue weighted by Crippen LogP contribution is -2.66. The zero-order valence-corrected chi connectivity index (χ0v) is 21.8. The van der Waals surface area contributed by atoms with Crippen molar-refractivity contribution in [2.45, 2.75) is 50.3 Å². The highest BCUT2D eigenvalue weighted by molar-refractivity contribution is 5.94. The standard InChI is InChI=1S/C31H35N3O4/c1-32-28(35)27(22-25-14-7-3-8-15-25)34-21-11-19-31(29(34)36,20-18-24-12-5-2-6-13-24)33-30(37)38-23-26-16-9-4-10-17-26/h2-10,12-17,27H,11,18-23H2,1H3,(H,32,35)(H,33,37)/t27?,31-/m1/s1. The molecule has 3 amide bonds. The van der Waals surface area contributed by atoms with E-state index in [1.807, 2.05) is 91.0 Å². The highest BCUT2D eigenvalue weighted by Gasteiger charge is 2.48. The number of carbonyl (C=O) groups excluding carboxylic acids is 3. The summed E-state index contributed by atoms with van der Waals surface area (Å²) < 4.78 is 5.52. The molecular weight excluding hydrogens is 478 g/mol. The minimum atomic E-state index is -1.18. The molecule has 7 nitrogen and oxygen atoms in total. The molecule has 0 aliphatic carbocycles. The van der Waals surface area contributed by atoms with E-state index in [0.29, 0.717) is 38.6 Å². The molecular formula is C31H35N3O4. The summed E-state index contributed by atoms with van der Waals surface area (Å²) in [6.45, 7) is 0.547. The van der Waals surface area contributed by atoms with Crippen LogP contribution < -0.4 is 10.6 Å².